The maximum Gasteiger partial charge on any atom is 0.422 e. The van der Waals surface area contributed by atoms with Gasteiger partial charge in [-0.3, -0.25) is 0 Å². The zero-order valence-corrected chi connectivity index (χ0v) is 9.85. The zero-order valence-electron chi connectivity index (χ0n) is 9.85. The number of carbonyl (C=O) groups excluding carboxylic acids is 1. The van der Waals surface area contributed by atoms with Gasteiger partial charge in [-0.05, 0) is 12.2 Å². The van der Waals surface area contributed by atoms with Gasteiger partial charge >= 0.3 is 12.1 Å². The van der Waals surface area contributed by atoms with Gasteiger partial charge < -0.3 is 9.47 Å². The van der Waals surface area contributed by atoms with E-state index < -0.39 is 18.8 Å². The molecule has 0 saturated carbocycles. The third-order valence-corrected chi connectivity index (χ3v) is 2.09. The molecular weight excluding hydrogens is 249 g/mol. The highest BCUT2D eigenvalue weighted by Crippen LogP contribution is 2.22. The monoisotopic (exact) mass is 260 g/mol. The minimum atomic E-state index is -4.44. The summed E-state index contributed by atoms with van der Waals surface area (Å²) in [5.41, 5.74) is 5.66. The summed E-state index contributed by atoms with van der Waals surface area (Å²) in [6.45, 7) is 0.339. The number of methoxy groups -OCH3 is 1. The molecule has 0 bridgehead atoms. The Balaban J connectivity index is 2.94. The quantitative estimate of drug-likeness (QED) is 0.576. The lowest BCUT2D eigenvalue weighted by atomic mass is 10.0. The minimum absolute atomic E-state index is 0.135. The average Bonchev–Trinajstić information content (AvgIpc) is 2.34. The SMILES string of the molecule is CCC1=C=C=C(OCC(F)(F)F)C=C1C(=O)OC. The molecule has 0 radical (unpaired) electrons. The summed E-state index contributed by atoms with van der Waals surface area (Å²) in [4.78, 5) is 11.4. The Labute approximate surface area is 102 Å². The third-order valence-electron chi connectivity index (χ3n) is 2.09. The van der Waals surface area contributed by atoms with Crippen molar-refractivity contribution in [3.63, 3.8) is 0 Å². The van der Waals surface area contributed by atoms with Gasteiger partial charge in [0.05, 0.1) is 12.7 Å². The third kappa shape index (κ3) is 3.84. The minimum Gasteiger partial charge on any atom is -0.476 e. The summed E-state index contributed by atoms with van der Waals surface area (Å²) in [7, 11) is 1.19. The summed E-state index contributed by atoms with van der Waals surface area (Å²) < 4.78 is 44.9. The molecule has 0 amide bonds. The van der Waals surface area contributed by atoms with Gasteiger partial charge in [-0.25, -0.2) is 4.79 Å². The fraction of sp³-hybridized carbons (Fsp3) is 0.417. The van der Waals surface area contributed by atoms with Crippen LogP contribution in [0.5, 0.6) is 0 Å². The Bertz CT molecular complexity index is 473. The molecule has 0 spiro atoms. The van der Waals surface area contributed by atoms with Gasteiger partial charge in [-0.15, -0.1) is 0 Å². The first-order chi connectivity index (χ1) is 8.37. The van der Waals surface area contributed by atoms with Crippen LogP contribution in [0.25, 0.3) is 0 Å². The van der Waals surface area contributed by atoms with Gasteiger partial charge in [0, 0.05) is 11.6 Å². The van der Waals surface area contributed by atoms with E-state index in [0.717, 1.165) is 0 Å². The molecule has 1 rings (SSSR count). The standard InChI is InChI=1S/C12H11F3O3/c1-3-8-4-5-9(18-7-12(13,14)15)6-10(8)11(16)17-2/h6H,3,7H2,1-2H3. The number of rotatable bonds is 4. The van der Waals surface area contributed by atoms with Crippen LogP contribution in [0.15, 0.2) is 34.4 Å². The fourth-order valence-electron chi connectivity index (χ4n) is 1.27. The predicted molar refractivity (Wildman–Crippen MR) is 56.4 cm³/mol. The Morgan fingerprint density at radius 2 is 2.06 bits per heavy atom. The first kappa shape index (κ1) is 14.2. The van der Waals surface area contributed by atoms with E-state index >= 15 is 0 Å². The second-order valence-electron chi connectivity index (χ2n) is 3.40. The molecule has 0 fully saturated rings. The van der Waals surface area contributed by atoms with Crippen molar-refractivity contribution in [2.24, 2.45) is 0 Å². The van der Waals surface area contributed by atoms with Gasteiger partial charge in [-0.1, -0.05) is 12.7 Å². The van der Waals surface area contributed by atoms with Crippen LogP contribution in [0.4, 0.5) is 13.2 Å². The highest BCUT2D eigenvalue weighted by atomic mass is 19.4. The van der Waals surface area contributed by atoms with E-state index in [1.807, 2.05) is 0 Å². The highest BCUT2D eigenvalue weighted by Gasteiger charge is 2.29. The molecule has 18 heavy (non-hydrogen) atoms. The van der Waals surface area contributed by atoms with Crippen LogP contribution in [-0.2, 0) is 14.3 Å². The van der Waals surface area contributed by atoms with Crippen molar-refractivity contribution >= 4 is 5.97 Å². The van der Waals surface area contributed by atoms with Crippen molar-refractivity contribution in [1.29, 1.82) is 0 Å². The second-order valence-corrected chi connectivity index (χ2v) is 3.40. The Kier molecular flexibility index (Phi) is 4.43. The predicted octanol–water partition coefficient (Wildman–Crippen LogP) is 2.65. The maximum atomic E-state index is 12.0. The molecule has 98 valence electrons. The number of allylic oxidation sites excluding steroid dienone is 1. The molecule has 0 aliphatic heterocycles. The average molecular weight is 260 g/mol. The van der Waals surface area contributed by atoms with Crippen molar-refractivity contribution in [3.8, 4) is 0 Å². The van der Waals surface area contributed by atoms with Crippen molar-refractivity contribution in [2.45, 2.75) is 19.5 Å². The van der Waals surface area contributed by atoms with E-state index in [2.05, 4.69) is 20.9 Å². The van der Waals surface area contributed by atoms with Crippen molar-refractivity contribution in [2.75, 3.05) is 13.7 Å². The van der Waals surface area contributed by atoms with Crippen LogP contribution in [0, 0.1) is 0 Å². The first-order valence-electron chi connectivity index (χ1n) is 5.12. The van der Waals surface area contributed by atoms with Crippen molar-refractivity contribution < 1.29 is 27.4 Å². The summed E-state index contributed by atoms with van der Waals surface area (Å²) in [6.07, 6.45) is -2.78. The summed E-state index contributed by atoms with van der Waals surface area (Å²) in [6, 6.07) is 0. The van der Waals surface area contributed by atoms with E-state index in [1.165, 1.54) is 13.2 Å². The Morgan fingerprint density at radius 1 is 1.39 bits per heavy atom. The van der Waals surface area contributed by atoms with Gasteiger partial charge in [0.1, 0.15) is 0 Å². The molecule has 3 nitrogen and oxygen atoms in total. The smallest absolute Gasteiger partial charge is 0.422 e. The van der Waals surface area contributed by atoms with E-state index in [1.54, 1.807) is 6.92 Å². The molecule has 0 aromatic carbocycles. The molecule has 6 heteroatoms. The van der Waals surface area contributed by atoms with E-state index in [4.69, 9.17) is 0 Å². The summed E-state index contributed by atoms with van der Waals surface area (Å²) in [5.74, 6) is -0.834. The number of hydrogen-bond acceptors (Lipinski definition) is 3. The van der Waals surface area contributed by atoms with E-state index in [9.17, 15) is 18.0 Å². The topological polar surface area (TPSA) is 35.5 Å². The van der Waals surface area contributed by atoms with E-state index in [-0.39, 0.29) is 11.3 Å². The molecule has 0 unspecified atom stereocenters. The molecule has 0 aromatic heterocycles. The largest absolute Gasteiger partial charge is 0.476 e. The van der Waals surface area contributed by atoms with Crippen LogP contribution < -0.4 is 0 Å². The van der Waals surface area contributed by atoms with Gasteiger partial charge in [0.25, 0.3) is 0 Å². The lowest BCUT2D eigenvalue weighted by Crippen LogP contribution is -2.17. The number of alkyl halides is 3. The van der Waals surface area contributed by atoms with Gasteiger partial charge in [0.2, 0.25) is 0 Å². The number of hydrogen-bond donors (Lipinski definition) is 0. The molecule has 0 saturated heterocycles. The number of esters is 1. The molecule has 0 atom stereocenters. The lowest BCUT2D eigenvalue weighted by Gasteiger charge is -2.12. The molecule has 0 aromatic rings. The number of halogens is 3. The van der Waals surface area contributed by atoms with Crippen molar-refractivity contribution in [3.05, 3.63) is 34.4 Å². The number of carbonyl (C=O) groups is 1. The van der Waals surface area contributed by atoms with Crippen LogP contribution in [0.2, 0.25) is 0 Å². The van der Waals surface area contributed by atoms with Gasteiger partial charge in [0.15, 0.2) is 12.4 Å². The number of ether oxygens (including phenoxy) is 2. The van der Waals surface area contributed by atoms with Crippen molar-refractivity contribution in [1.82, 2.24) is 0 Å². The lowest BCUT2D eigenvalue weighted by molar-refractivity contribution is -0.163. The highest BCUT2D eigenvalue weighted by molar-refractivity contribution is 5.94. The van der Waals surface area contributed by atoms with Crippen LogP contribution in [-0.4, -0.2) is 25.9 Å². The molecule has 1 aliphatic carbocycles. The maximum absolute atomic E-state index is 12.0. The molecular formula is C12H11F3O3. The normalized spacial score (nSPS) is 14.6. The first-order valence-corrected chi connectivity index (χ1v) is 5.12. The second kappa shape index (κ2) is 5.63. The fourth-order valence-corrected chi connectivity index (χ4v) is 1.27. The molecule has 0 N–H and O–H groups in total. The Hall–Kier alpha value is -1.90. The van der Waals surface area contributed by atoms with Crippen LogP contribution >= 0.6 is 0 Å². The Morgan fingerprint density at radius 3 is 2.56 bits per heavy atom. The molecule has 1 aliphatic rings. The molecule has 0 heterocycles. The van der Waals surface area contributed by atoms with E-state index in [0.29, 0.717) is 12.0 Å². The van der Waals surface area contributed by atoms with Gasteiger partial charge in [-0.2, -0.15) is 13.2 Å². The summed E-state index contributed by atoms with van der Waals surface area (Å²) in [5, 5.41) is 0. The van der Waals surface area contributed by atoms with Crippen LogP contribution in [0.3, 0.4) is 0 Å². The zero-order chi connectivity index (χ0) is 13.8. The van der Waals surface area contributed by atoms with Crippen LogP contribution in [0.1, 0.15) is 13.3 Å². The summed E-state index contributed by atoms with van der Waals surface area (Å²) >= 11 is 0.